The van der Waals surface area contributed by atoms with Crippen molar-refractivity contribution in [1.82, 2.24) is 14.9 Å². The van der Waals surface area contributed by atoms with Crippen molar-refractivity contribution in [2.45, 2.75) is 44.9 Å². The lowest BCUT2D eigenvalue weighted by Gasteiger charge is -2.26. The topological polar surface area (TPSA) is 75.2 Å². The predicted octanol–water partition coefficient (Wildman–Crippen LogP) is 5.16. The number of nitrogens with zero attached hydrogens (tertiary/aromatic N) is 3. The second-order valence-electron chi connectivity index (χ2n) is 8.81. The zero-order valence-electron chi connectivity index (χ0n) is 18.2. The summed E-state index contributed by atoms with van der Waals surface area (Å²) in [7, 11) is 0. The monoisotopic (exact) mass is 448 g/mol. The van der Waals surface area contributed by atoms with Gasteiger partial charge in [0, 0.05) is 23.5 Å². The highest BCUT2D eigenvalue weighted by Crippen LogP contribution is 2.32. The number of likely N-dealkylation sites (tertiary alicyclic amines) is 1. The first-order valence-corrected chi connectivity index (χ1v) is 12.4. The van der Waals surface area contributed by atoms with E-state index in [4.69, 9.17) is 4.98 Å². The number of benzene rings is 1. The summed E-state index contributed by atoms with van der Waals surface area (Å²) in [4.78, 5) is 37.0. The summed E-state index contributed by atoms with van der Waals surface area (Å²) in [5.41, 5.74) is 3.35. The Balaban J connectivity index is 1.20. The first-order chi connectivity index (χ1) is 15.7. The smallest absolute Gasteiger partial charge is 0.229 e. The van der Waals surface area contributed by atoms with Crippen molar-refractivity contribution < 1.29 is 9.59 Å². The maximum Gasteiger partial charge on any atom is 0.229 e. The van der Waals surface area contributed by atoms with Crippen LogP contribution in [0.2, 0.25) is 0 Å². The van der Waals surface area contributed by atoms with Gasteiger partial charge in [0.15, 0.2) is 10.9 Å². The van der Waals surface area contributed by atoms with Gasteiger partial charge in [-0.1, -0.05) is 42.0 Å². The van der Waals surface area contributed by atoms with Gasteiger partial charge in [0.2, 0.25) is 5.91 Å². The van der Waals surface area contributed by atoms with Crippen LogP contribution in [-0.2, 0) is 4.79 Å². The van der Waals surface area contributed by atoms with Gasteiger partial charge in [-0.15, -0.1) is 0 Å². The highest BCUT2D eigenvalue weighted by atomic mass is 32.1. The second kappa shape index (κ2) is 9.46. The van der Waals surface area contributed by atoms with E-state index >= 15 is 0 Å². The van der Waals surface area contributed by atoms with Crippen molar-refractivity contribution in [3.8, 4) is 11.3 Å². The average Bonchev–Trinajstić information content (AvgIpc) is 3.60. The Kier molecular flexibility index (Phi) is 6.28. The van der Waals surface area contributed by atoms with Gasteiger partial charge >= 0.3 is 0 Å². The number of ketones is 1. The van der Waals surface area contributed by atoms with Crippen LogP contribution in [0.3, 0.4) is 0 Å². The molecule has 2 aliphatic rings. The summed E-state index contributed by atoms with van der Waals surface area (Å²) in [6.07, 6.45) is 7.36. The van der Waals surface area contributed by atoms with E-state index in [0.29, 0.717) is 11.6 Å². The number of amides is 1. The molecule has 6 nitrogen and oxygen atoms in total. The largest absolute Gasteiger partial charge is 0.303 e. The molecule has 1 N–H and O–H groups in total. The summed E-state index contributed by atoms with van der Waals surface area (Å²) in [5, 5.41) is 3.50. The maximum atomic E-state index is 12.6. The Morgan fingerprint density at radius 3 is 2.53 bits per heavy atom. The summed E-state index contributed by atoms with van der Waals surface area (Å²) in [6, 6.07) is 11.6. The Morgan fingerprint density at radius 2 is 1.78 bits per heavy atom. The normalized spacial score (nSPS) is 16.9. The van der Waals surface area contributed by atoms with Crippen LogP contribution in [0.4, 0.5) is 5.13 Å². The van der Waals surface area contributed by atoms with Crippen LogP contribution in [0.1, 0.15) is 55.3 Å². The summed E-state index contributed by atoms with van der Waals surface area (Å²) < 4.78 is 0. The van der Waals surface area contributed by atoms with E-state index in [0.717, 1.165) is 53.0 Å². The molecule has 1 saturated carbocycles. The minimum atomic E-state index is 0.0560. The molecule has 1 aliphatic heterocycles. The molecule has 2 aromatic heterocycles. The molecule has 1 amide bonds. The molecule has 3 aromatic rings. The van der Waals surface area contributed by atoms with Gasteiger partial charge in [-0.2, -0.15) is 0 Å². The Morgan fingerprint density at radius 1 is 1.00 bits per heavy atom. The van der Waals surface area contributed by atoms with Gasteiger partial charge in [-0.05, 0) is 63.9 Å². The second-order valence-corrected chi connectivity index (χ2v) is 9.79. The number of piperidine rings is 1. The lowest BCUT2D eigenvalue weighted by Crippen LogP contribution is -2.30. The number of Topliss-reactive ketones (excluding diaryl/α,β-unsaturated/α-hetero) is 1. The number of pyridine rings is 1. The molecular formula is C25H28N4O2S. The molecule has 0 bridgehead atoms. The highest BCUT2D eigenvalue weighted by molar-refractivity contribution is 7.22. The Labute approximate surface area is 192 Å². The molecule has 1 aliphatic carbocycles. The Hall–Kier alpha value is -2.64. The van der Waals surface area contributed by atoms with Crippen LogP contribution in [0, 0.1) is 5.92 Å². The minimum absolute atomic E-state index is 0.0560. The molecule has 3 heterocycles. The van der Waals surface area contributed by atoms with E-state index in [1.54, 1.807) is 0 Å². The van der Waals surface area contributed by atoms with Gasteiger partial charge in [0.05, 0.1) is 5.69 Å². The number of carbonyl (C=O) groups is 2. The number of rotatable bonds is 8. The molecule has 2 fully saturated rings. The number of nitrogens with one attached hydrogen (secondary N) is 1. The van der Waals surface area contributed by atoms with E-state index in [9.17, 15) is 9.59 Å². The highest BCUT2D eigenvalue weighted by Gasteiger charge is 2.30. The van der Waals surface area contributed by atoms with Crippen LogP contribution in [0.5, 0.6) is 0 Å². The molecule has 0 radical (unpaired) electrons. The van der Waals surface area contributed by atoms with Gasteiger partial charge in [-0.3, -0.25) is 9.59 Å². The van der Waals surface area contributed by atoms with Crippen LogP contribution in [-0.4, -0.2) is 46.2 Å². The van der Waals surface area contributed by atoms with E-state index in [2.05, 4.69) is 15.2 Å². The zero-order chi connectivity index (χ0) is 21.9. The number of fused-ring (bicyclic) bond motifs is 1. The fourth-order valence-electron chi connectivity index (χ4n) is 4.20. The van der Waals surface area contributed by atoms with Gasteiger partial charge in [0.1, 0.15) is 10.3 Å². The van der Waals surface area contributed by atoms with Crippen molar-refractivity contribution in [2.24, 2.45) is 5.92 Å². The third kappa shape index (κ3) is 5.05. The number of carbonyl (C=O) groups excluding carboxylic acids is 2. The molecular weight excluding hydrogens is 420 g/mol. The lowest BCUT2D eigenvalue weighted by atomic mass is 10.0. The van der Waals surface area contributed by atoms with E-state index < -0.39 is 0 Å². The molecule has 166 valence electrons. The van der Waals surface area contributed by atoms with Crippen molar-refractivity contribution in [3.05, 3.63) is 42.0 Å². The van der Waals surface area contributed by atoms with Crippen molar-refractivity contribution in [3.63, 3.8) is 0 Å². The molecule has 1 aromatic carbocycles. The molecule has 0 unspecified atom stereocenters. The predicted molar refractivity (Wildman–Crippen MR) is 128 cm³/mol. The van der Waals surface area contributed by atoms with Crippen LogP contribution in [0.25, 0.3) is 21.6 Å². The summed E-state index contributed by atoms with van der Waals surface area (Å²) in [6.45, 7) is 3.37. The molecule has 7 heteroatoms. The van der Waals surface area contributed by atoms with Crippen molar-refractivity contribution >= 4 is 38.5 Å². The fraction of sp³-hybridized carbons (Fsp3) is 0.440. The third-order valence-corrected chi connectivity index (χ3v) is 7.14. The fourth-order valence-corrected chi connectivity index (χ4v) is 5.04. The number of thiazole rings is 1. The third-order valence-electron chi connectivity index (χ3n) is 6.26. The number of anilines is 1. The Bertz CT molecular complexity index is 1110. The maximum absolute atomic E-state index is 12.6. The van der Waals surface area contributed by atoms with E-state index in [1.165, 1.54) is 43.7 Å². The molecule has 0 spiro atoms. The van der Waals surface area contributed by atoms with Crippen LogP contribution >= 0.6 is 11.3 Å². The molecule has 5 rings (SSSR count). The molecule has 32 heavy (non-hydrogen) atoms. The number of hydrogen-bond donors (Lipinski definition) is 1. The quantitative estimate of drug-likeness (QED) is 0.482. The summed E-state index contributed by atoms with van der Waals surface area (Å²) in [5.74, 6) is 0.410. The first kappa shape index (κ1) is 21.2. The molecule has 1 saturated heterocycles. The number of hydrogen-bond acceptors (Lipinski definition) is 6. The summed E-state index contributed by atoms with van der Waals surface area (Å²) >= 11 is 1.40. The first-order valence-electron chi connectivity index (χ1n) is 11.6. The average molecular weight is 449 g/mol. The zero-order valence-corrected chi connectivity index (χ0v) is 19.0. The van der Waals surface area contributed by atoms with Crippen LogP contribution < -0.4 is 5.32 Å². The van der Waals surface area contributed by atoms with Crippen molar-refractivity contribution in [2.75, 3.05) is 25.0 Å². The minimum Gasteiger partial charge on any atom is -0.303 e. The van der Waals surface area contributed by atoms with Gasteiger partial charge in [0.25, 0.3) is 0 Å². The van der Waals surface area contributed by atoms with E-state index in [1.807, 2.05) is 36.4 Å². The SMILES string of the molecule is O=C(CCCN1CCCCC1)c1ccc(-c2ccc3nc(NC(=O)C4CC4)sc3n2)cc1. The van der Waals surface area contributed by atoms with Gasteiger partial charge in [-0.25, -0.2) is 9.97 Å². The van der Waals surface area contributed by atoms with Crippen molar-refractivity contribution in [1.29, 1.82) is 0 Å². The van der Waals surface area contributed by atoms with Gasteiger partial charge < -0.3 is 10.2 Å². The van der Waals surface area contributed by atoms with E-state index in [-0.39, 0.29) is 17.6 Å². The standard InChI is InChI=1S/C25H28N4O2S/c30-22(5-4-16-29-14-2-1-3-15-29)18-8-6-17(7-9-18)20-12-13-21-24(26-20)32-25(27-21)28-23(31)19-10-11-19/h6-9,12-13,19H,1-5,10-11,14-16H2,(H,27,28,31). The van der Waals surface area contributed by atoms with Crippen LogP contribution in [0.15, 0.2) is 36.4 Å². The number of aromatic nitrogens is 2. The lowest BCUT2D eigenvalue weighted by molar-refractivity contribution is -0.117. The molecule has 0 atom stereocenters.